The van der Waals surface area contributed by atoms with Gasteiger partial charge in [0.05, 0.1) is 12.2 Å². The third kappa shape index (κ3) is 2.20. The van der Waals surface area contributed by atoms with E-state index >= 15 is 0 Å². The summed E-state index contributed by atoms with van der Waals surface area (Å²) in [6.07, 6.45) is 2.23. The molecule has 3 aliphatic rings. The van der Waals surface area contributed by atoms with Gasteiger partial charge in [-0.3, -0.25) is 0 Å². The second-order valence-electron chi connectivity index (χ2n) is 5.43. The Bertz CT molecular complexity index is 284. The zero-order valence-corrected chi connectivity index (χ0v) is 9.88. The van der Waals surface area contributed by atoms with Crippen molar-refractivity contribution in [3.05, 3.63) is 0 Å². The van der Waals surface area contributed by atoms with Gasteiger partial charge in [-0.15, -0.1) is 0 Å². The monoisotopic (exact) mass is 247 g/mol. The van der Waals surface area contributed by atoms with Crippen LogP contribution in [0.2, 0.25) is 0 Å². The van der Waals surface area contributed by atoms with Gasteiger partial charge in [0.2, 0.25) is 0 Å². The Balaban J connectivity index is 1.67. The second kappa shape index (κ2) is 4.14. The van der Waals surface area contributed by atoms with Crippen LogP contribution in [0.4, 0.5) is 8.78 Å². The number of alkyl halides is 2. The summed E-state index contributed by atoms with van der Waals surface area (Å²) in [5.41, 5.74) is -0.255. The molecule has 1 aliphatic carbocycles. The molecule has 1 N–H and O–H groups in total. The molecule has 0 aromatic heterocycles. The summed E-state index contributed by atoms with van der Waals surface area (Å²) in [5.74, 6) is -2.87. The van der Waals surface area contributed by atoms with Gasteiger partial charge in [0, 0.05) is 51.0 Å². The molecule has 0 bridgehead atoms. The molecule has 2 heterocycles. The lowest BCUT2D eigenvalue weighted by atomic mass is 9.82. The summed E-state index contributed by atoms with van der Waals surface area (Å²) in [6.45, 7) is 2.81. The first-order chi connectivity index (χ1) is 8.12. The summed E-state index contributed by atoms with van der Waals surface area (Å²) in [5, 5.41) is 3.37. The van der Waals surface area contributed by atoms with Crippen LogP contribution in [-0.2, 0) is 9.47 Å². The van der Waals surface area contributed by atoms with E-state index in [1.807, 2.05) is 0 Å². The van der Waals surface area contributed by atoms with Crippen LogP contribution in [0.15, 0.2) is 0 Å². The van der Waals surface area contributed by atoms with Crippen molar-refractivity contribution in [3.8, 4) is 0 Å². The van der Waals surface area contributed by atoms with Gasteiger partial charge in [-0.05, 0) is 6.42 Å². The van der Waals surface area contributed by atoms with E-state index in [0.29, 0.717) is 26.2 Å². The number of halogens is 2. The van der Waals surface area contributed by atoms with E-state index in [4.69, 9.17) is 9.47 Å². The maximum Gasteiger partial charge on any atom is 0.251 e. The lowest BCUT2D eigenvalue weighted by molar-refractivity contribution is -0.150. The van der Waals surface area contributed by atoms with Gasteiger partial charge >= 0.3 is 0 Å². The largest absolute Gasteiger partial charge is 0.381 e. The minimum Gasteiger partial charge on any atom is -0.381 e. The first kappa shape index (κ1) is 11.8. The van der Waals surface area contributed by atoms with Gasteiger partial charge in [-0.1, -0.05) is 0 Å². The van der Waals surface area contributed by atoms with Gasteiger partial charge in [-0.25, -0.2) is 8.78 Å². The highest BCUT2D eigenvalue weighted by Gasteiger charge is 2.59. The predicted octanol–water partition coefficient (Wildman–Crippen LogP) is 1.57. The van der Waals surface area contributed by atoms with E-state index in [9.17, 15) is 8.78 Å². The van der Waals surface area contributed by atoms with Crippen LogP contribution in [0.5, 0.6) is 0 Å². The standard InChI is InChI=1S/C12H19F2NO2/c13-12(14)8-9(12)7-10-11(17-6-3-15-10)1-4-16-5-2-11/h9-10,15H,1-8H2. The van der Waals surface area contributed by atoms with Crippen LogP contribution >= 0.6 is 0 Å². The Morgan fingerprint density at radius 2 is 1.88 bits per heavy atom. The number of morpholine rings is 1. The molecule has 3 fully saturated rings. The quantitative estimate of drug-likeness (QED) is 0.803. The number of rotatable bonds is 2. The molecule has 1 spiro atoms. The average Bonchev–Trinajstić information content (AvgIpc) is 2.91. The van der Waals surface area contributed by atoms with Crippen LogP contribution in [-0.4, -0.2) is 43.9 Å². The summed E-state index contributed by atoms with van der Waals surface area (Å²) in [6, 6.07) is 0.0681. The van der Waals surface area contributed by atoms with Crippen LogP contribution in [0, 0.1) is 5.92 Å². The zero-order valence-electron chi connectivity index (χ0n) is 9.88. The van der Waals surface area contributed by atoms with Crippen molar-refractivity contribution in [1.82, 2.24) is 5.32 Å². The Hall–Kier alpha value is -0.260. The fourth-order valence-corrected chi connectivity index (χ4v) is 3.09. The second-order valence-corrected chi connectivity index (χ2v) is 5.43. The minimum atomic E-state index is -2.43. The maximum atomic E-state index is 13.0. The van der Waals surface area contributed by atoms with Crippen molar-refractivity contribution in [2.45, 2.75) is 43.2 Å². The van der Waals surface area contributed by atoms with Gasteiger partial charge in [0.15, 0.2) is 0 Å². The fourth-order valence-electron chi connectivity index (χ4n) is 3.09. The lowest BCUT2D eigenvalue weighted by Gasteiger charge is -2.46. The third-order valence-electron chi connectivity index (χ3n) is 4.33. The molecule has 2 unspecified atom stereocenters. The highest BCUT2D eigenvalue weighted by Crippen LogP contribution is 2.52. The summed E-state index contributed by atoms with van der Waals surface area (Å²) in [7, 11) is 0. The molecule has 17 heavy (non-hydrogen) atoms. The van der Waals surface area contributed by atoms with E-state index in [-0.39, 0.29) is 18.1 Å². The van der Waals surface area contributed by atoms with Crippen LogP contribution in [0.25, 0.3) is 0 Å². The van der Waals surface area contributed by atoms with Gasteiger partial charge in [0.1, 0.15) is 0 Å². The lowest BCUT2D eigenvalue weighted by Crippen LogP contribution is -2.60. The predicted molar refractivity (Wildman–Crippen MR) is 58.2 cm³/mol. The van der Waals surface area contributed by atoms with E-state index in [1.165, 1.54) is 0 Å². The molecule has 3 nitrogen and oxygen atoms in total. The zero-order chi connectivity index (χ0) is 11.9. The third-order valence-corrected chi connectivity index (χ3v) is 4.33. The van der Waals surface area contributed by atoms with Crippen molar-refractivity contribution in [2.24, 2.45) is 5.92 Å². The molecule has 0 aromatic carbocycles. The molecule has 5 heteroatoms. The first-order valence-electron chi connectivity index (χ1n) is 6.45. The summed E-state index contributed by atoms with van der Waals surface area (Å²) < 4.78 is 37.3. The van der Waals surface area contributed by atoms with E-state index in [1.54, 1.807) is 0 Å². The minimum absolute atomic E-state index is 0.0533. The topological polar surface area (TPSA) is 30.5 Å². The Morgan fingerprint density at radius 3 is 2.53 bits per heavy atom. The van der Waals surface area contributed by atoms with E-state index in [0.717, 1.165) is 19.4 Å². The SMILES string of the molecule is FC1(F)CC1CC1NCCOC12CCOCC2. The normalized spacial score (nSPS) is 39.2. The molecular formula is C12H19F2NO2. The van der Waals surface area contributed by atoms with Crippen molar-refractivity contribution in [2.75, 3.05) is 26.4 Å². The van der Waals surface area contributed by atoms with Crippen LogP contribution in [0.1, 0.15) is 25.7 Å². The van der Waals surface area contributed by atoms with Gasteiger partial charge in [0.25, 0.3) is 5.92 Å². The van der Waals surface area contributed by atoms with Gasteiger partial charge in [-0.2, -0.15) is 0 Å². The van der Waals surface area contributed by atoms with Gasteiger partial charge < -0.3 is 14.8 Å². The molecule has 98 valence electrons. The molecule has 1 saturated carbocycles. The van der Waals surface area contributed by atoms with Crippen LogP contribution in [0.3, 0.4) is 0 Å². The fraction of sp³-hybridized carbons (Fsp3) is 1.00. The smallest absolute Gasteiger partial charge is 0.251 e. The first-order valence-corrected chi connectivity index (χ1v) is 6.45. The molecule has 2 saturated heterocycles. The number of hydrogen-bond donors (Lipinski definition) is 1. The molecule has 2 atom stereocenters. The molecule has 3 rings (SSSR count). The molecule has 2 aliphatic heterocycles. The van der Waals surface area contributed by atoms with E-state index in [2.05, 4.69) is 5.32 Å². The number of ether oxygens (including phenoxy) is 2. The average molecular weight is 247 g/mol. The Kier molecular flexibility index (Phi) is 2.88. The van der Waals surface area contributed by atoms with Crippen LogP contribution < -0.4 is 5.32 Å². The highest BCUT2D eigenvalue weighted by atomic mass is 19.3. The molecule has 0 radical (unpaired) electrons. The van der Waals surface area contributed by atoms with Crippen molar-refractivity contribution >= 4 is 0 Å². The summed E-state index contributed by atoms with van der Waals surface area (Å²) in [4.78, 5) is 0. The molecule has 0 amide bonds. The number of hydrogen-bond acceptors (Lipinski definition) is 3. The highest BCUT2D eigenvalue weighted by molar-refractivity contribution is 5.04. The Labute approximate surface area is 99.8 Å². The van der Waals surface area contributed by atoms with Crippen molar-refractivity contribution in [1.29, 1.82) is 0 Å². The van der Waals surface area contributed by atoms with Crippen molar-refractivity contribution < 1.29 is 18.3 Å². The maximum absolute atomic E-state index is 13.0. The number of nitrogens with one attached hydrogen (secondary N) is 1. The Morgan fingerprint density at radius 1 is 1.18 bits per heavy atom. The van der Waals surface area contributed by atoms with E-state index < -0.39 is 11.8 Å². The molecular weight excluding hydrogens is 228 g/mol. The summed E-state index contributed by atoms with van der Waals surface area (Å²) >= 11 is 0. The van der Waals surface area contributed by atoms with Crippen molar-refractivity contribution in [3.63, 3.8) is 0 Å². The molecule has 0 aromatic rings.